The molecule has 90 valence electrons. The molecule has 0 saturated carbocycles. The minimum atomic E-state index is -0.381. The number of carbonyl (C=O) groups excluding carboxylic acids is 1. The maximum atomic E-state index is 10.9. The molecule has 16 heavy (non-hydrogen) atoms. The first-order valence-corrected chi connectivity index (χ1v) is 5.58. The molecule has 1 heterocycles. The molecular weight excluding hydrogens is 228 g/mol. The molecule has 0 aliphatic rings. The van der Waals surface area contributed by atoms with Gasteiger partial charge in [0.25, 0.3) is 0 Å². The quantitative estimate of drug-likeness (QED) is 0.797. The first-order chi connectivity index (χ1) is 7.47. The van der Waals surface area contributed by atoms with Crippen molar-refractivity contribution in [1.82, 2.24) is 15.1 Å². The van der Waals surface area contributed by atoms with E-state index in [1.807, 2.05) is 14.0 Å². The molecule has 0 spiro atoms. The molecule has 1 atom stereocenters. The fourth-order valence-electron chi connectivity index (χ4n) is 1.36. The first kappa shape index (κ1) is 13.0. The van der Waals surface area contributed by atoms with Crippen LogP contribution in [-0.2, 0) is 24.8 Å². The molecular formula is C10H17ClN4O. The number of nitrogens with two attached hydrogens (primary N) is 1. The summed E-state index contributed by atoms with van der Waals surface area (Å²) in [7, 11) is 1.83. The van der Waals surface area contributed by atoms with Crippen molar-refractivity contribution in [2.75, 3.05) is 0 Å². The Bertz CT molecular complexity index is 388. The molecule has 1 aromatic heterocycles. The predicted octanol–water partition coefficient (Wildman–Crippen LogP) is 0.599. The average molecular weight is 245 g/mol. The van der Waals surface area contributed by atoms with Crippen molar-refractivity contribution in [2.45, 2.75) is 32.9 Å². The van der Waals surface area contributed by atoms with Crippen molar-refractivity contribution < 1.29 is 4.79 Å². The number of aryl methyl sites for hydroxylation is 2. The highest BCUT2D eigenvalue weighted by molar-refractivity contribution is 6.31. The van der Waals surface area contributed by atoms with Crippen LogP contribution >= 0.6 is 11.6 Å². The van der Waals surface area contributed by atoms with Crippen molar-refractivity contribution in [2.24, 2.45) is 12.8 Å². The van der Waals surface area contributed by atoms with Crippen LogP contribution in [0.15, 0.2) is 0 Å². The Balaban J connectivity index is 2.74. The van der Waals surface area contributed by atoms with Gasteiger partial charge in [-0.05, 0) is 13.3 Å². The monoisotopic (exact) mass is 244 g/mol. The fraction of sp³-hybridized carbons (Fsp3) is 0.600. The number of nitrogens with one attached hydrogen (secondary N) is 1. The zero-order chi connectivity index (χ0) is 12.3. The summed E-state index contributed by atoms with van der Waals surface area (Å²) in [6, 6.07) is -0.379. The van der Waals surface area contributed by atoms with Crippen molar-refractivity contribution in [3.63, 3.8) is 0 Å². The summed E-state index contributed by atoms with van der Waals surface area (Å²) in [6.07, 6.45) is 0.790. The van der Waals surface area contributed by atoms with E-state index in [4.69, 9.17) is 17.3 Å². The van der Waals surface area contributed by atoms with Crippen molar-refractivity contribution in [3.05, 3.63) is 16.4 Å². The number of amides is 1. The number of carbonyl (C=O) groups is 1. The summed E-state index contributed by atoms with van der Waals surface area (Å²) in [5, 5.41) is 7.94. The van der Waals surface area contributed by atoms with Crippen molar-refractivity contribution in [3.8, 4) is 0 Å². The topological polar surface area (TPSA) is 72.9 Å². The highest BCUT2D eigenvalue weighted by Gasteiger charge is 2.14. The van der Waals surface area contributed by atoms with Crippen LogP contribution in [0, 0.1) is 0 Å². The molecule has 1 amide bonds. The minimum Gasteiger partial charge on any atom is -0.368 e. The van der Waals surface area contributed by atoms with Crippen LogP contribution in [0.1, 0.15) is 25.2 Å². The zero-order valence-corrected chi connectivity index (χ0v) is 10.5. The number of hydrogen-bond acceptors (Lipinski definition) is 3. The van der Waals surface area contributed by atoms with Gasteiger partial charge in [-0.2, -0.15) is 5.10 Å². The van der Waals surface area contributed by atoms with Gasteiger partial charge in [0.15, 0.2) is 0 Å². The first-order valence-electron chi connectivity index (χ1n) is 5.20. The number of halogens is 1. The SMILES string of the molecule is CCc1nn(C)c(CNC(C)C(N)=O)c1Cl. The molecule has 0 saturated heterocycles. The lowest BCUT2D eigenvalue weighted by atomic mass is 10.2. The summed E-state index contributed by atoms with van der Waals surface area (Å²) in [5.74, 6) is -0.381. The lowest BCUT2D eigenvalue weighted by Gasteiger charge is -2.10. The molecule has 0 aromatic carbocycles. The Morgan fingerprint density at radius 3 is 2.75 bits per heavy atom. The number of rotatable bonds is 5. The second kappa shape index (κ2) is 5.32. The Morgan fingerprint density at radius 2 is 2.31 bits per heavy atom. The van der Waals surface area contributed by atoms with Gasteiger partial charge in [-0.15, -0.1) is 0 Å². The van der Waals surface area contributed by atoms with Crippen LogP contribution in [0.5, 0.6) is 0 Å². The molecule has 1 unspecified atom stereocenters. The molecule has 0 aliphatic heterocycles. The fourth-order valence-corrected chi connectivity index (χ4v) is 1.72. The second-order valence-electron chi connectivity index (χ2n) is 3.69. The van der Waals surface area contributed by atoms with Crippen molar-refractivity contribution in [1.29, 1.82) is 0 Å². The normalized spacial score (nSPS) is 12.8. The Kier molecular flexibility index (Phi) is 4.32. The van der Waals surface area contributed by atoms with Gasteiger partial charge >= 0.3 is 0 Å². The lowest BCUT2D eigenvalue weighted by molar-refractivity contribution is -0.119. The van der Waals surface area contributed by atoms with E-state index in [9.17, 15) is 4.79 Å². The molecule has 1 aromatic rings. The van der Waals surface area contributed by atoms with Crippen LogP contribution in [0.2, 0.25) is 5.02 Å². The van der Waals surface area contributed by atoms with E-state index >= 15 is 0 Å². The Hall–Kier alpha value is -1.07. The van der Waals surface area contributed by atoms with Crippen LogP contribution < -0.4 is 11.1 Å². The summed E-state index contributed by atoms with van der Waals surface area (Å²) in [6.45, 7) is 4.19. The van der Waals surface area contributed by atoms with Crippen LogP contribution in [0.3, 0.4) is 0 Å². The molecule has 5 nitrogen and oxygen atoms in total. The van der Waals surface area contributed by atoms with Gasteiger partial charge in [0.05, 0.1) is 22.5 Å². The number of hydrogen-bond donors (Lipinski definition) is 2. The third-order valence-corrected chi connectivity index (χ3v) is 2.94. The maximum absolute atomic E-state index is 10.9. The van der Waals surface area contributed by atoms with E-state index in [1.54, 1.807) is 11.6 Å². The van der Waals surface area contributed by atoms with Crippen molar-refractivity contribution >= 4 is 17.5 Å². The highest BCUT2D eigenvalue weighted by Crippen LogP contribution is 2.20. The lowest BCUT2D eigenvalue weighted by Crippen LogP contribution is -2.38. The molecule has 1 rings (SSSR count). The van der Waals surface area contributed by atoms with Gasteiger partial charge < -0.3 is 11.1 Å². The van der Waals surface area contributed by atoms with E-state index in [1.165, 1.54) is 0 Å². The molecule has 3 N–H and O–H groups in total. The molecule has 0 aliphatic carbocycles. The molecule has 6 heteroatoms. The van der Waals surface area contributed by atoms with E-state index in [2.05, 4.69) is 10.4 Å². The zero-order valence-electron chi connectivity index (χ0n) is 9.75. The van der Waals surface area contributed by atoms with E-state index in [-0.39, 0.29) is 11.9 Å². The number of nitrogens with zero attached hydrogens (tertiary/aromatic N) is 2. The Morgan fingerprint density at radius 1 is 1.69 bits per heavy atom. The van der Waals surface area contributed by atoms with Gasteiger partial charge in [0.2, 0.25) is 5.91 Å². The molecule has 0 radical (unpaired) electrons. The molecule has 0 fully saturated rings. The van der Waals surface area contributed by atoms with Gasteiger partial charge in [0, 0.05) is 13.6 Å². The smallest absolute Gasteiger partial charge is 0.234 e. The van der Waals surface area contributed by atoms with Gasteiger partial charge in [0.1, 0.15) is 0 Å². The van der Waals surface area contributed by atoms with E-state index in [0.29, 0.717) is 11.6 Å². The largest absolute Gasteiger partial charge is 0.368 e. The van der Waals surface area contributed by atoms with Gasteiger partial charge in [-0.25, -0.2) is 0 Å². The van der Waals surface area contributed by atoms with E-state index in [0.717, 1.165) is 17.8 Å². The predicted molar refractivity (Wildman–Crippen MR) is 63.1 cm³/mol. The third kappa shape index (κ3) is 2.74. The van der Waals surface area contributed by atoms with Gasteiger partial charge in [-0.3, -0.25) is 9.48 Å². The second-order valence-corrected chi connectivity index (χ2v) is 4.07. The summed E-state index contributed by atoms with van der Waals surface area (Å²) in [4.78, 5) is 10.9. The van der Waals surface area contributed by atoms with Crippen LogP contribution in [0.4, 0.5) is 0 Å². The molecule has 0 bridgehead atoms. The standard InChI is InChI=1S/C10H17ClN4O/c1-4-7-9(11)8(15(3)14-7)5-13-6(2)10(12)16/h6,13H,4-5H2,1-3H3,(H2,12,16). The minimum absolute atomic E-state index is 0.379. The van der Waals surface area contributed by atoms with Crippen LogP contribution in [-0.4, -0.2) is 21.7 Å². The van der Waals surface area contributed by atoms with Crippen LogP contribution in [0.25, 0.3) is 0 Å². The highest BCUT2D eigenvalue weighted by atomic mass is 35.5. The maximum Gasteiger partial charge on any atom is 0.234 e. The third-order valence-electron chi connectivity index (χ3n) is 2.51. The average Bonchev–Trinajstić information content (AvgIpc) is 2.51. The van der Waals surface area contributed by atoms with Gasteiger partial charge in [-0.1, -0.05) is 18.5 Å². The number of aromatic nitrogens is 2. The summed E-state index contributed by atoms with van der Waals surface area (Å²) < 4.78 is 1.72. The number of primary amides is 1. The van der Waals surface area contributed by atoms with E-state index < -0.39 is 0 Å². The Labute approximate surface area is 99.9 Å². The summed E-state index contributed by atoms with van der Waals surface area (Å²) >= 11 is 6.15. The summed E-state index contributed by atoms with van der Waals surface area (Å²) in [5.41, 5.74) is 6.89.